The van der Waals surface area contributed by atoms with E-state index in [2.05, 4.69) is 15.3 Å². The fourth-order valence-electron chi connectivity index (χ4n) is 1.22. The zero-order valence-corrected chi connectivity index (χ0v) is 8.06. The molecule has 0 unspecified atom stereocenters. The van der Waals surface area contributed by atoms with Crippen LogP contribution in [-0.2, 0) is 6.42 Å². The molecule has 0 aliphatic heterocycles. The number of nitrogens with zero attached hydrogens (tertiary/aromatic N) is 1. The molecule has 0 aromatic carbocycles. The number of aromatic amines is 1. The van der Waals surface area contributed by atoms with Gasteiger partial charge >= 0.3 is 0 Å². The highest BCUT2D eigenvalue weighted by molar-refractivity contribution is 5.93. The monoisotopic (exact) mass is 205 g/mol. The third-order valence-electron chi connectivity index (χ3n) is 1.99. The number of carbonyl (C=O) groups excluding carboxylic acids is 1. The average molecular weight is 205 g/mol. The molecule has 2 aromatic rings. The van der Waals surface area contributed by atoms with Crippen LogP contribution in [0, 0.1) is 0 Å². The first-order chi connectivity index (χ1) is 7.36. The Balaban J connectivity index is 1.77. The number of furan rings is 1. The third-order valence-corrected chi connectivity index (χ3v) is 1.99. The summed E-state index contributed by atoms with van der Waals surface area (Å²) in [7, 11) is 0. The fraction of sp³-hybridized carbons (Fsp3) is 0.200. The van der Waals surface area contributed by atoms with Gasteiger partial charge in [-0.05, 0) is 6.07 Å². The molecule has 0 aliphatic rings. The molecule has 2 aromatic heterocycles. The summed E-state index contributed by atoms with van der Waals surface area (Å²) in [5.41, 5.74) is 0.537. The van der Waals surface area contributed by atoms with E-state index in [1.54, 1.807) is 18.5 Å². The van der Waals surface area contributed by atoms with Gasteiger partial charge in [-0.3, -0.25) is 4.79 Å². The van der Waals surface area contributed by atoms with Gasteiger partial charge in [0.25, 0.3) is 5.91 Å². The summed E-state index contributed by atoms with van der Waals surface area (Å²) in [6.07, 6.45) is 7.03. The van der Waals surface area contributed by atoms with Crippen molar-refractivity contribution in [3.05, 3.63) is 42.4 Å². The van der Waals surface area contributed by atoms with Crippen LogP contribution in [0.4, 0.5) is 0 Å². The predicted molar refractivity (Wildman–Crippen MR) is 53.3 cm³/mol. The van der Waals surface area contributed by atoms with Gasteiger partial charge in [-0.2, -0.15) is 0 Å². The zero-order valence-electron chi connectivity index (χ0n) is 8.06. The first kappa shape index (κ1) is 9.51. The molecule has 0 spiro atoms. The lowest BCUT2D eigenvalue weighted by molar-refractivity contribution is 0.0953. The Morgan fingerprint density at radius 2 is 2.53 bits per heavy atom. The summed E-state index contributed by atoms with van der Waals surface area (Å²) in [5, 5.41) is 2.76. The van der Waals surface area contributed by atoms with Gasteiger partial charge in [-0.1, -0.05) is 0 Å². The third kappa shape index (κ3) is 2.46. The molecule has 0 radical (unpaired) electrons. The van der Waals surface area contributed by atoms with E-state index in [1.807, 2.05) is 0 Å². The van der Waals surface area contributed by atoms with Crippen LogP contribution in [-0.4, -0.2) is 22.4 Å². The number of rotatable bonds is 4. The Bertz CT molecular complexity index is 406. The molecule has 2 heterocycles. The van der Waals surface area contributed by atoms with Crippen molar-refractivity contribution in [2.75, 3.05) is 6.54 Å². The van der Waals surface area contributed by atoms with Gasteiger partial charge in [0.15, 0.2) is 0 Å². The highest BCUT2D eigenvalue weighted by Crippen LogP contribution is 1.99. The standard InChI is InChI=1S/C10H11N3O2/c14-10(8-2-6-15-7-8)13-3-1-9-11-4-5-12-9/h2,4-7H,1,3H2,(H,11,12)(H,13,14). The van der Waals surface area contributed by atoms with Gasteiger partial charge in [0.05, 0.1) is 11.8 Å². The SMILES string of the molecule is O=C(NCCc1ncc[nH]1)c1ccoc1. The molecule has 0 aliphatic carbocycles. The van der Waals surface area contributed by atoms with Crippen molar-refractivity contribution in [2.24, 2.45) is 0 Å². The van der Waals surface area contributed by atoms with Crippen LogP contribution in [0.1, 0.15) is 16.2 Å². The molecule has 78 valence electrons. The summed E-state index contributed by atoms with van der Waals surface area (Å²) in [6.45, 7) is 0.553. The maximum absolute atomic E-state index is 11.4. The number of hydrogen-bond acceptors (Lipinski definition) is 3. The van der Waals surface area contributed by atoms with Gasteiger partial charge in [0, 0.05) is 25.4 Å². The number of imidazole rings is 1. The van der Waals surface area contributed by atoms with E-state index in [1.165, 1.54) is 12.5 Å². The molecule has 2 rings (SSSR count). The number of amides is 1. The van der Waals surface area contributed by atoms with Crippen LogP contribution in [0.3, 0.4) is 0 Å². The number of nitrogens with one attached hydrogen (secondary N) is 2. The smallest absolute Gasteiger partial charge is 0.254 e. The first-order valence-corrected chi connectivity index (χ1v) is 4.65. The second-order valence-corrected chi connectivity index (χ2v) is 3.05. The highest BCUT2D eigenvalue weighted by atomic mass is 16.3. The van der Waals surface area contributed by atoms with Crippen LogP contribution >= 0.6 is 0 Å². The first-order valence-electron chi connectivity index (χ1n) is 4.65. The Labute approximate surface area is 86.5 Å². The summed E-state index contributed by atoms with van der Waals surface area (Å²) >= 11 is 0. The molecule has 2 N–H and O–H groups in total. The van der Waals surface area contributed by atoms with Crippen molar-refractivity contribution in [1.82, 2.24) is 15.3 Å². The van der Waals surface area contributed by atoms with E-state index in [4.69, 9.17) is 4.42 Å². The van der Waals surface area contributed by atoms with E-state index < -0.39 is 0 Å². The maximum Gasteiger partial charge on any atom is 0.254 e. The van der Waals surface area contributed by atoms with Gasteiger partial charge in [0.1, 0.15) is 12.1 Å². The second kappa shape index (κ2) is 4.45. The van der Waals surface area contributed by atoms with Crippen molar-refractivity contribution < 1.29 is 9.21 Å². The molecule has 15 heavy (non-hydrogen) atoms. The summed E-state index contributed by atoms with van der Waals surface area (Å²) in [5.74, 6) is 0.734. The van der Waals surface area contributed by atoms with Gasteiger partial charge in [-0.25, -0.2) is 4.98 Å². The summed E-state index contributed by atoms with van der Waals surface area (Å²) < 4.78 is 4.81. The van der Waals surface area contributed by atoms with Gasteiger partial charge in [-0.15, -0.1) is 0 Å². The summed E-state index contributed by atoms with van der Waals surface area (Å²) in [4.78, 5) is 18.4. The van der Waals surface area contributed by atoms with Crippen molar-refractivity contribution >= 4 is 5.91 Å². The molecule has 0 fully saturated rings. The molecule has 0 saturated heterocycles. The van der Waals surface area contributed by atoms with Gasteiger partial charge in [0.2, 0.25) is 0 Å². The van der Waals surface area contributed by atoms with Crippen LogP contribution < -0.4 is 5.32 Å². The fourth-order valence-corrected chi connectivity index (χ4v) is 1.22. The van der Waals surface area contributed by atoms with Crippen molar-refractivity contribution in [3.8, 4) is 0 Å². The molecule has 0 atom stereocenters. The Hall–Kier alpha value is -2.04. The van der Waals surface area contributed by atoms with Crippen molar-refractivity contribution in [3.63, 3.8) is 0 Å². The Morgan fingerprint density at radius 1 is 1.60 bits per heavy atom. The summed E-state index contributed by atoms with van der Waals surface area (Å²) in [6, 6.07) is 1.63. The largest absolute Gasteiger partial charge is 0.472 e. The lowest BCUT2D eigenvalue weighted by Gasteiger charge is -2.00. The lowest BCUT2D eigenvalue weighted by Crippen LogP contribution is -2.25. The minimum absolute atomic E-state index is 0.129. The highest BCUT2D eigenvalue weighted by Gasteiger charge is 2.05. The quantitative estimate of drug-likeness (QED) is 0.781. The van der Waals surface area contributed by atoms with Crippen molar-refractivity contribution in [1.29, 1.82) is 0 Å². The van der Waals surface area contributed by atoms with E-state index in [0.717, 1.165) is 5.82 Å². The maximum atomic E-state index is 11.4. The predicted octanol–water partition coefficient (Wildman–Crippen LogP) is 0.975. The topological polar surface area (TPSA) is 70.9 Å². The average Bonchev–Trinajstić information content (AvgIpc) is 2.90. The molecular formula is C10H11N3O2. The number of H-pyrrole nitrogens is 1. The number of carbonyl (C=O) groups is 1. The van der Waals surface area contributed by atoms with E-state index in [0.29, 0.717) is 18.5 Å². The molecule has 1 amide bonds. The van der Waals surface area contributed by atoms with E-state index >= 15 is 0 Å². The van der Waals surface area contributed by atoms with Crippen molar-refractivity contribution in [2.45, 2.75) is 6.42 Å². The Kier molecular flexibility index (Phi) is 2.82. The molecule has 5 nitrogen and oxygen atoms in total. The van der Waals surface area contributed by atoms with Crippen LogP contribution in [0.2, 0.25) is 0 Å². The lowest BCUT2D eigenvalue weighted by atomic mass is 10.3. The molecule has 0 bridgehead atoms. The number of aromatic nitrogens is 2. The van der Waals surface area contributed by atoms with Crippen LogP contribution in [0.25, 0.3) is 0 Å². The van der Waals surface area contributed by atoms with E-state index in [9.17, 15) is 4.79 Å². The molecule has 0 saturated carbocycles. The van der Waals surface area contributed by atoms with Crippen LogP contribution in [0.5, 0.6) is 0 Å². The zero-order chi connectivity index (χ0) is 10.5. The second-order valence-electron chi connectivity index (χ2n) is 3.05. The molecule has 5 heteroatoms. The number of hydrogen-bond donors (Lipinski definition) is 2. The van der Waals surface area contributed by atoms with E-state index in [-0.39, 0.29) is 5.91 Å². The van der Waals surface area contributed by atoms with Crippen LogP contribution in [0.15, 0.2) is 35.4 Å². The molecular weight excluding hydrogens is 194 g/mol. The normalized spacial score (nSPS) is 10.1. The minimum atomic E-state index is -0.129. The minimum Gasteiger partial charge on any atom is -0.472 e. The van der Waals surface area contributed by atoms with Gasteiger partial charge < -0.3 is 14.7 Å². The Morgan fingerprint density at radius 3 is 3.20 bits per heavy atom.